The van der Waals surface area contributed by atoms with Gasteiger partial charge in [0.25, 0.3) is 0 Å². The van der Waals surface area contributed by atoms with E-state index in [2.05, 4.69) is 73.9 Å². The highest BCUT2D eigenvalue weighted by atomic mass is 14.9. The van der Waals surface area contributed by atoms with E-state index in [-0.39, 0.29) is 0 Å². The second-order valence-electron chi connectivity index (χ2n) is 5.20. The van der Waals surface area contributed by atoms with Gasteiger partial charge in [0.05, 0.1) is 0 Å². The van der Waals surface area contributed by atoms with Gasteiger partial charge >= 0.3 is 0 Å². The van der Waals surface area contributed by atoms with E-state index >= 15 is 0 Å². The van der Waals surface area contributed by atoms with Gasteiger partial charge in [-0.25, -0.2) is 0 Å². The van der Waals surface area contributed by atoms with Crippen LogP contribution in [0.3, 0.4) is 0 Å². The number of aryl methyl sites for hydroxylation is 2. The summed E-state index contributed by atoms with van der Waals surface area (Å²) in [6.45, 7) is 2.13. The highest BCUT2D eigenvalue weighted by Crippen LogP contribution is 2.11. The molecule has 1 N–H and O–H groups in total. The molecule has 0 heterocycles. The minimum Gasteiger partial charge on any atom is -0.317 e. The average molecular weight is 253 g/mol. The van der Waals surface area contributed by atoms with Crippen molar-refractivity contribution < 1.29 is 0 Å². The highest BCUT2D eigenvalue weighted by Gasteiger charge is 2.07. The van der Waals surface area contributed by atoms with Crippen LogP contribution in [0.4, 0.5) is 0 Å². The fourth-order valence-electron chi connectivity index (χ4n) is 2.34. The molecule has 1 nitrogen and oxygen atoms in total. The molecule has 2 aromatic rings. The topological polar surface area (TPSA) is 12.0 Å². The van der Waals surface area contributed by atoms with Gasteiger partial charge in [0.2, 0.25) is 0 Å². The Labute approximate surface area is 116 Å². The van der Waals surface area contributed by atoms with E-state index in [1.54, 1.807) is 0 Å². The lowest BCUT2D eigenvalue weighted by molar-refractivity contribution is 0.520. The molecule has 0 aromatic heterocycles. The Balaban J connectivity index is 1.88. The van der Waals surface area contributed by atoms with E-state index in [1.165, 1.54) is 23.1 Å². The zero-order valence-electron chi connectivity index (χ0n) is 11.9. The fraction of sp³-hybridized carbons (Fsp3) is 0.333. The molecule has 0 saturated heterocycles. The Bertz CT molecular complexity index is 473. The van der Waals surface area contributed by atoms with Crippen molar-refractivity contribution in [3.63, 3.8) is 0 Å². The maximum Gasteiger partial charge on any atom is 0.0108 e. The Morgan fingerprint density at radius 1 is 0.895 bits per heavy atom. The highest BCUT2D eigenvalue weighted by molar-refractivity contribution is 5.22. The molecule has 1 atom stereocenters. The standard InChI is InChI=1S/C18H23N/c1-15-8-10-17(11-9-15)14-18(19-2)13-12-16-6-4-3-5-7-16/h3-11,18-19H,12-14H2,1-2H3. The molecule has 0 saturated carbocycles. The molecule has 0 bridgehead atoms. The summed E-state index contributed by atoms with van der Waals surface area (Å²) in [4.78, 5) is 0. The quantitative estimate of drug-likeness (QED) is 0.826. The van der Waals surface area contributed by atoms with E-state index in [0.717, 1.165) is 12.8 Å². The normalized spacial score (nSPS) is 12.3. The van der Waals surface area contributed by atoms with Crippen LogP contribution in [-0.4, -0.2) is 13.1 Å². The molecule has 0 radical (unpaired) electrons. The molecule has 2 aromatic carbocycles. The molecule has 0 aliphatic heterocycles. The van der Waals surface area contributed by atoms with Crippen molar-refractivity contribution in [2.75, 3.05) is 7.05 Å². The summed E-state index contributed by atoms with van der Waals surface area (Å²) in [7, 11) is 2.06. The lowest BCUT2D eigenvalue weighted by atomic mass is 9.99. The van der Waals surface area contributed by atoms with Gasteiger partial charge in [-0.05, 0) is 44.4 Å². The third-order valence-corrected chi connectivity index (χ3v) is 3.64. The van der Waals surface area contributed by atoms with E-state index in [4.69, 9.17) is 0 Å². The first-order valence-corrected chi connectivity index (χ1v) is 7.04. The predicted octanol–water partition coefficient (Wildman–Crippen LogP) is 3.76. The summed E-state index contributed by atoms with van der Waals surface area (Å²) in [5.41, 5.74) is 4.17. The van der Waals surface area contributed by atoms with Gasteiger partial charge in [-0.2, -0.15) is 0 Å². The first-order chi connectivity index (χ1) is 9.28. The third kappa shape index (κ3) is 4.53. The maximum atomic E-state index is 3.44. The third-order valence-electron chi connectivity index (χ3n) is 3.64. The summed E-state index contributed by atoms with van der Waals surface area (Å²) >= 11 is 0. The molecule has 0 aliphatic carbocycles. The summed E-state index contributed by atoms with van der Waals surface area (Å²) in [6, 6.07) is 20.1. The molecule has 0 aliphatic rings. The van der Waals surface area contributed by atoms with Gasteiger partial charge in [-0.1, -0.05) is 60.2 Å². The summed E-state index contributed by atoms with van der Waals surface area (Å²) in [5, 5.41) is 3.44. The summed E-state index contributed by atoms with van der Waals surface area (Å²) in [6.07, 6.45) is 3.41. The molecule has 19 heavy (non-hydrogen) atoms. The number of benzene rings is 2. The van der Waals surface area contributed by atoms with Crippen LogP contribution in [-0.2, 0) is 12.8 Å². The average Bonchev–Trinajstić information content (AvgIpc) is 2.46. The number of hydrogen-bond donors (Lipinski definition) is 1. The molecule has 0 amide bonds. The smallest absolute Gasteiger partial charge is 0.0108 e. The number of likely N-dealkylation sites (N-methyl/N-ethyl adjacent to an activating group) is 1. The van der Waals surface area contributed by atoms with Crippen LogP contribution in [0.2, 0.25) is 0 Å². The molecule has 2 rings (SSSR count). The molecule has 100 valence electrons. The number of nitrogens with one attached hydrogen (secondary N) is 1. The molecule has 0 spiro atoms. The predicted molar refractivity (Wildman–Crippen MR) is 82.5 cm³/mol. The zero-order valence-corrected chi connectivity index (χ0v) is 11.9. The van der Waals surface area contributed by atoms with Crippen molar-refractivity contribution >= 4 is 0 Å². The van der Waals surface area contributed by atoms with Crippen molar-refractivity contribution in [3.8, 4) is 0 Å². The minimum atomic E-state index is 0.544. The molecule has 1 unspecified atom stereocenters. The van der Waals surface area contributed by atoms with Crippen molar-refractivity contribution in [2.45, 2.75) is 32.2 Å². The molecular formula is C18H23N. The monoisotopic (exact) mass is 253 g/mol. The van der Waals surface area contributed by atoms with E-state index < -0.39 is 0 Å². The summed E-state index contributed by atoms with van der Waals surface area (Å²) in [5.74, 6) is 0. The second-order valence-corrected chi connectivity index (χ2v) is 5.20. The van der Waals surface area contributed by atoms with Gasteiger partial charge in [0, 0.05) is 6.04 Å². The molecule has 0 fully saturated rings. The van der Waals surface area contributed by atoms with Crippen LogP contribution in [0.1, 0.15) is 23.1 Å². The van der Waals surface area contributed by atoms with Crippen molar-refractivity contribution in [2.24, 2.45) is 0 Å². The Hall–Kier alpha value is -1.60. The van der Waals surface area contributed by atoms with Crippen LogP contribution in [0.15, 0.2) is 54.6 Å². The van der Waals surface area contributed by atoms with Crippen LogP contribution in [0, 0.1) is 6.92 Å². The van der Waals surface area contributed by atoms with Crippen LogP contribution in [0.25, 0.3) is 0 Å². The summed E-state index contributed by atoms with van der Waals surface area (Å²) < 4.78 is 0. The SMILES string of the molecule is CNC(CCc1ccccc1)Cc1ccc(C)cc1. The Morgan fingerprint density at radius 2 is 1.58 bits per heavy atom. The second kappa shape index (κ2) is 7.10. The van der Waals surface area contributed by atoms with Gasteiger partial charge in [-0.15, -0.1) is 0 Å². The lowest BCUT2D eigenvalue weighted by Gasteiger charge is -2.16. The van der Waals surface area contributed by atoms with Crippen LogP contribution >= 0.6 is 0 Å². The van der Waals surface area contributed by atoms with E-state index in [1.807, 2.05) is 0 Å². The maximum absolute atomic E-state index is 3.44. The van der Waals surface area contributed by atoms with Gasteiger partial charge in [0.1, 0.15) is 0 Å². The van der Waals surface area contributed by atoms with Gasteiger partial charge in [-0.3, -0.25) is 0 Å². The first-order valence-electron chi connectivity index (χ1n) is 7.04. The van der Waals surface area contributed by atoms with Gasteiger partial charge < -0.3 is 5.32 Å². The van der Waals surface area contributed by atoms with E-state index in [0.29, 0.717) is 6.04 Å². The van der Waals surface area contributed by atoms with E-state index in [9.17, 15) is 0 Å². The van der Waals surface area contributed by atoms with Crippen LogP contribution in [0.5, 0.6) is 0 Å². The molecular weight excluding hydrogens is 230 g/mol. The zero-order chi connectivity index (χ0) is 13.5. The Morgan fingerprint density at radius 3 is 2.21 bits per heavy atom. The fourth-order valence-corrected chi connectivity index (χ4v) is 2.34. The van der Waals surface area contributed by atoms with Crippen molar-refractivity contribution in [1.82, 2.24) is 5.32 Å². The number of hydrogen-bond acceptors (Lipinski definition) is 1. The van der Waals surface area contributed by atoms with Crippen LogP contribution < -0.4 is 5.32 Å². The first kappa shape index (κ1) is 13.8. The Kier molecular flexibility index (Phi) is 5.17. The lowest BCUT2D eigenvalue weighted by Crippen LogP contribution is -2.28. The minimum absolute atomic E-state index is 0.544. The largest absolute Gasteiger partial charge is 0.317 e. The number of rotatable bonds is 6. The molecule has 1 heteroatoms. The van der Waals surface area contributed by atoms with Crippen molar-refractivity contribution in [1.29, 1.82) is 0 Å². The van der Waals surface area contributed by atoms with Crippen molar-refractivity contribution in [3.05, 3.63) is 71.3 Å². The van der Waals surface area contributed by atoms with Gasteiger partial charge in [0.15, 0.2) is 0 Å².